The van der Waals surface area contributed by atoms with E-state index < -0.39 is 149 Å². The lowest BCUT2D eigenvalue weighted by atomic mass is 9.99. The van der Waals surface area contributed by atoms with Crippen LogP contribution in [0.5, 0.6) is 0 Å². The molecule has 2 aromatic heterocycles. The number of hydrogen-bond acceptors (Lipinski definition) is 30. The standard InChI is InChI=1S/2C12H16N2.2C12H24O9S.2C8H16O6/c2*1-14(2)8-7-10-9-13-12-6-4-3-5-11(10)12;2*1-18-11-8(21-12(19-2)10(14)9(11)13)7-20-5-3-4-6-22(15,16)17;2*1-12-7-4(3-9)14-8(13-2)6(11)5(7)10/h2*3-6,9,13H,7-8H2,1-2H3;2*8-14H,3-7H2,1-2H3,(H,15,16,17);2*4-11H,3H2,1-2H3. The second-order valence-corrected chi connectivity index (χ2v) is 27.4. The lowest BCUT2D eigenvalue weighted by Crippen LogP contribution is -3.05. The molecule has 0 aliphatic carbocycles. The van der Waals surface area contributed by atoms with Gasteiger partial charge in [0, 0.05) is 123 Å². The SMILES string of the molecule is CN(C)CCc1c[nH]c2ccccc12.COC1OC(CO)C(OC)C(O)C1O.COC1OC(CO)C(OC)C(O)C1O.COC1OC(COCCCCS(=O)(=O)O)C(OC)C(O)C1O.COC1OC(COCCCCS(=O)(=O)[O-])C(OC)C(O)C1O.C[NH+](C)CCc1c[nH]c2ccccc12. The highest BCUT2D eigenvalue weighted by atomic mass is 32.2. The number of nitrogens with one attached hydrogen (secondary N) is 3. The highest BCUT2D eigenvalue weighted by molar-refractivity contribution is 7.85. The number of methoxy groups -OCH3 is 8. The summed E-state index contributed by atoms with van der Waals surface area (Å²) in [6.45, 7) is 2.35. The molecule has 36 heteroatoms. The Balaban J connectivity index is 0.000000316. The van der Waals surface area contributed by atoms with Gasteiger partial charge in [-0.2, -0.15) is 8.42 Å². The first kappa shape index (κ1) is 90.5. The van der Waals surface area contributed by atoms with Gasteiger partial charge in [-0.05, 0) is 69.5 Å². The Morgan fingerprint density at radius 1 is 0.480 bits per heavy atom. The number of hydrogen-bond donors (Lipinski definition) is 14. The topological polar surface area (TPSA) is 482 Å². The molecular formula is C64H112N4O30S2. The molecule has 4 aliphatic heterocycles. The van der Waals surface area contributed by atoms with Crippen molar-refractivity contribution in [1.29, 1.82) is 0 Å². The number of likely N-dealkylation sites (N-methyl/N-ethyl adjacent to an activating group) is 2. The van der Waals surface area contributed by atoms with E-state index in [-0.39, 0.29) is 58.2 Å². The van der Waals surface area contributed by atoms with Gasteiger partial charge >= 0.3 is 0 Å². The summed E-state index contributed by atoms with van der Waals surface area (Å²) < 4.78 is 132. The highest BCUT2D eigenvalue weighted by Gasteiger charge is 2.48. The van der Waals surface area contributed by atoms with E-state index in [1.165, 1.54) is 101 Å². The van der Waals surface area contributed by atoms with Gasteiger partial charge in [0.15, 0.2) is 25.2 Å². The van der Waals surface area contributed by atoms with Crippen molar-refractivity contribution in [3.05, 3.63) is 72.1 Å². The Morgan fingerprint density at radius 2 is 0.810 bits per heavy atom. The number of H-pyrrole nitrogens is 2. The summed E-state index contributed by atoms with van der Waals surface area (Å²) in [6.07, 6.45) is -11.1. The van der Waals surface area contributed by atoms with Crippen molar-refractivity contribution in [2.45, 2.75) is 161 Å². The van der Waals surface area contributed by atoms with Crippen molar-refractivity contribution in [2.24, 2.45) is 0 Å². The number of aromatic amines is 2. The van der Waals surface area contributed by atoms with E-state index in [1.54, 1.807) is 0 Å². The molecule has 4 fully saturated rings. The minimum absolute atomic E-state index is 0.0757. The fraction of sp³-hybridized carbons (Fsp3) is 0.750. The third-order valence-corrected chi connectivity index (χ3v) is 18.0. The molecule has 20 atom stereocenters. The van der Waals surface area contributed by atoms with Gasteiger partial charge in [0.2, 0.25) is 0 Å². The molecule has 8 rings (SSSR count). The van der Waals surface area contributed by atoms with Crippen LogP contribution in [0.25, 0.3) is 21.8 Å². The number of aromatic nitrogens is 2. The number of unbranched alkanes of at least 4 members (excludes halogenated alkanes) is 2. The minimum Gasteiger partial charge on any atom is -0.748 e. The number of benzene rings is 2. The predicted octanol–water partition coefficient (Wildman–Crippen LogP) is -3.48. The van der Waals surface area contributed by atoms with Crippen LogP contribution in [-0.4, -0.2) is 364 Å². The van der Waals surface area contributed by atoms with E-state index >= 15 is 0 Å². The van der Waals surface area contributed by atoms with E-state index in [0.29, 0.717) is 12.8 Å². The van der Waals surface area contributed by atoms with Crippen LogP contribution in [-0.2, 0) is 99.4 Å². The quantitative estimate of drug-likeness (QED) is 0.0178. The van der Waals surface area contributed by atoms with Gasteiger partial charge < -0.3 is 142 Å². The molecule has 4 aromatic rings. The number of quaternary nitrogens is 1. The molecule has 14 N–H and O–H groups in total. The maximum Gasteiger partial charge on any atom is 0.264 e. The van der Waals surface area contributed by atoms with Crippen LogP contribution >= 0.6 is 0 Å². The molecule has 2 aromatic carbocycles. The molecule has 4 saturated heterocycles. The van der Waals surface area contributed by atoms with Gasteiger partial charge in [-0.25, -0.2) is 8.42 Å². The van der Waals surface area contributed by atoms with E-state index in [1.807, 2.05) is 0 Å². The summed E-state index contributed by atoms with van der Waals surface area (Å²) in [5.41, 5.74) is 5.33. The molecule has 100 heavy (non-hydrogen) atoms. The fourth-order valence-corrected chi connectivity index (χ4v) is 12.0. The number of nitrogens with zero attached hydrogens (tertiary/aromatic N) is 1. The number of aliphatic hydroxyl groups is 10. The zero-order chi connectivity index (χ0) is 74.9. The van der Waals surface area contributed by atoms with Gasteiger partial charge in [-0.1, -0.05) is 36.4 Å². The fourth-order valence-electron chi connectivity index (χ4n) is 10.9. The maximum absolute atomic E-state index is 10.5. The Morgan fingerprint density at radius 3 is 1.12 bits per heavy atom. The molecule has 20 unspecified atom stereocenters. The van der Waals surface area contributed by atoms with Crippen LogP contribution in [0, 0.1) is 0 Å². The lowest BCUT2D eigenvalue weighted by molar-refractivity contribution is -0.858. The average Bonchev–Trinajstić information content (AvgIpc) is 1.40. The van der Waals surface area contributed by atoms with Crippen molar-refractivity contribution in [3.63, 3.8) is 0 Å². The Labute approximate surface area is 585 Å². The average molecular weight is 1480 g/mol. The van der Waals surface area contributed by atoms with E-state index in [0.717, 1.165) is 19.4 Å². The van der Waals surface area contributed by atoms with Gasteiger partial charge in [0.25, 0.3) is 10.1 Å². The molecular weight excluding hydrogens is 1370 g/mol. The molecule has 4 aliphatic rings. The molecule has 0 bridgehead atoms. The van der Waals surface area contributed by atoms with Gasteiger partial charge in [-0.3, -0.25) is 4.55 Å². The van der Waals surface area contributed by atoms with Gasteiger partial charge in [0.1, 0.15) is 97.7 Å². The summed E-state index contributed by atoms with van der Waals surface area (Å²) in [5, 5.41) is 98.3. The van der Waals surface area contributed by atoms with Crippen molar-refractivity contribution in [1.82, 2.24) is 14.9 Å². The lowest BCUT2D eigenvalue weighted by Gasteiger charge is -2.41. The Bertz CT molecular complexity index is 2830. The van der Waals surface area contributed by atoms with E-state index in [4.69, 9.17) is 81.1 Å². The van der Waals surface area contributed by atoms with Gasteiger partial charge in [-0.15, -0.1) is 0 Å². The van der Waals surface area contributed by atoms with Crippen molar-refractivity contribution in [3.8, 4) is 0 Å². The monoisotopic (exact) mass is 1480 g/mol. The van der Waals surface area contributed by atoms with Crippen LogP contribution in [0.1, 0.15) is 36.8 Å². The Hall–Kier alpha value is -3.70. The third-order valence-electron chi connectivity index (χ3n) is 16.5. The first-order chi connectivity index (χ1) is 47.4. The number of rotatable bonds is 30. The number of ether oxygens (including phenoxy) is 14. The van der Waals surface area contributed by atoms with E-state index in [2.05, 4.69) is 104 Å². The second-order valence-electron chi connectivity index (χ2n) is 24.3. The third kappa shape index (κ3) is 29.7. The number of fused-ring (bicyclic) bond motifs is 2. The maximum atomic E-state index is 10.5. The normalized spacial score (nSPS) is 30.0. The minimum atomic E-state index is -4.20. The van der Waals surface area contributed by atoms with Crippen LogP contribution in [0.3, 0.4) is 0 Å². The summed E-state index contributed by atoms with van der Waals surface area (Å²) in [6, 6.07) is 16.9. The first-order valence-corrected chi connectivity index (χ1v) is 35.7. The molecule has 580 valence electrons. The van der Waals surface area contributed by atoms with Crippen molar-refractivity contribution >= 4 is 42.0 Å². The molecule has 6 heterocycles. The van der Waals surface area contributed by atoms with Gasteiger partial charge in [0.05, 0.1) is 62.9 Å². The van der Waals surface area contributed by atoms with Crippen LogP contribution in [0.4, 0.5) is 0 Å². The number of para-hydroxylation sites is 2. The predicted molar refractivity (Wildman–Crippen MR) is 359 cm³/mol. The molecule has 0 spiro atoms. The summed E-state index contributed by atoms with van der Waals surface area (Å²) in [4.78, 5) is 10.3. The van der Waals surface area contributed by atoms with Crippen LogP contribution in [0.2, 0.25) is 0 Å². The molecule has 34 nitrogen and oxygen atoms in total. The van der Waals surface area contributed by atoms with Crippen LogP contribution in [0.15, 0.2) is 60.9 Å². The number of aliphatic hydroxyl groups excluding tert-OH is 10. The zero-order valence-corrected chi connectivity index (χ0v) is 60.7. The smallest absolute Gasteiger partial charge is 0.264 e. The summed E-state index contributed by atoms with van der Waals surface area (Å²) >= 11 is 0. The summed E-state index contributed by atoms with van der Waals surface area (Å²) in [5.74, 6) is -0.735. The van der Waals surface area contributed by atoms with E-state index in [9.17, 15) is 62.2 Å². The van der Waals surface area contributed by atoms with Crippen molar-refractivity contribution < 1.29 is 148 Å². The molecule has 0 radical (unpaired) electrons. The summed E-state index contributed by atoms with van der Waals surface area (Å²) in [7, 11) is 11.4. The second kappa shape index (κ2) is 47.0. The molecule has 0 saturated carbocycles. The zero-order valence-electron chi connectivity index (χ0n) is 59.1. The largest absolute Gasteiger partial charge is 0.748 e. The van der Waals surface area contributed by atoms with Crippen molar-refractivity contribution in [2.75, 3.05) is 149 Å². The molecule has 0 amide bonds. The first-order valence-electron chi connectivity index (χ1n) is 32.5. The Kier molecular flexibility index (Phi) is 42.5. The highest BCUT2D eigenvalue weighted by Crippen LogP contribution is 2.28. The van der Waals surface area contributed by atoms with Crippen LogP contribution < -0.4 is 4.90 Å².